The van der Waals surface area contributed by atoms with Gasteiger partial charge in [-0.15, -0.1) is 11.8 Å². The molecule has 0 saturated carbocycles. The van der Waals surface area contributed by atoms with Gasteiger partial charge in [0.2, 0.25) is 0 Å². The number of thioether (sulfide) groups is 1. The van der Waals surface area contributed by atoms with E-state index in [-0.39, 0.29) is 16.7 Å². The maximum atomic E-state index is 14.1. The van der Waals surface area contributed by atoms with Crippen LogP contribution in [0.3, 0.4) is 0 Å². The number of nitrogens with one attached hydrogen (secondary N) is 1. The van der Waals surface area contributed by atoms with Gasteiger partial charge in [-0.05, 0) is 18.2 Å². The molecule has 0 aliphatic rings. The Morgan fingerprint density at radius 2 is 1.88 bits per heavy atom. The number of alkyl halides is 3. The van der Waals surface area contributed by atoms with E-state index >= 15 is 0 Å². The Morgan fingerprint density at radius 3 is 2.42 bits per heavy atom. The molecular weight excluding hydrogens is 363 g/mol. The van der Waals surface area contributed by atoms with E-state index < -0.39 is 23.6 Å². The van der Waals surface area contributed by atoms with Gasteiger partial charge in [0.15, 0.2) is 5.75 Å². The zero-order valence-electron chi connectivity index (χ0n) is 14.7. The van der Waals surface area contributed by atoms with E-state index in [0.29, 0.717) is 21.3 Å². The number of rotatable bonds is 3. The van der Waals surface area contributed by atoms with Gasteiger partial charge in [-0.1, -0.05) is 32.0 Å². The van der Waals surface area contributed by atoms with Gasteiger partial charge in [0.05, 0.1) is 16.0 Å². The Bertz CT molecular complexity index is 1010. The summed E-state index contributed by atoms with van der Waals surface area (Å²) >= 11 is 1.26. The van der Waals surface area contributed by atoms with Gasteiger partial charge in [-0.25, -0.2) is 0 Å². The number of hydrogen-bond acceptors (Lipinski definition) is 3. The van der Waals surface area contributed by atoms with Crippen LogP contribution in [0, 0.1) is 0 Å². The van der Waals surface area contributed by atoms with Crippen molar-refractivity contribution in [3.8, 4) is 5.75 Å². The van der Waals surface area contributed by atoms with Crippen molar-refractivity contribution in [2.24, 2.45) is 0 Å². The van der Waals surface area contributed by atoms with E-state index in [0.717, 1.165) is 0 Å². The second-order valence-electron chi connectivity index (χ2n) is 6.32. The van der Waals surface area contributed by atoms with Crippen LogP contribution in [0.1, 0.15) is 37.8 Å². The molecule has 0 spiro atoms. The summed E-state index contributed by atoms with van der Waals surface area (Å²) in [6.07, 6.45) is -2.83. The molecule has 0 amide bonds. The number of fused-ring (bicyclic) bond motifs is 3. The van der Waals surface area contributed by atoms with Crippen LogP contribution in [0.4, 0.5) is 13.2 Å². The molecule has 0 unspecified atom stereocenters. The number of esters is 1. The number of aromatic nitrogens is 1. The molecule has 1 N–H and O–H groups in total. The molecule has 2 aromatic carbocycles. The second kappa shape index (κ2) is 6.54. The van der Waals surface area contributed by atoms with Crippen molar-refractivity contribution in [2.45, 2.75) is 37.8 Å². The topological polar surface area (TPSA) is 42.1 Å². The molecular formula is C19H18F3NO2S. The lowest BCUT2D eigenvalue weighted by atomic mass is 9.91. The summed E-state index contributed by atoms with van der Waals surface area (Å²) in [6, 6.07) is 6.88. The number of hydrogen-bond donors (Lipinski definition) is 1. The Kier molecular flexibility index (Phi) is 4.69. The van der Waals surface area contributed by atoms with Crippen molar-refractivity contribution in [3.05, 3.63) is 35.4 Å². The highest BCUT2D eigenvalue weighted by Gasteiger charge is 2.40. The Labute approximate surface area is 152 Å². The van der Waals surface area contributed by atoms with Gasteiger partial charge in [-0.2, -0.15) is 13.2 Å². The number of H-pyrrole nitrogens is 1. The highest BCUT2D eigenvalue weighted by Crippen LogP contribution is 2.51. The van der Waals surface area contributed by atoms with Gasteiger partial charge in [0.1, 0.15) is 0 Å². The maximum absolute atomic E-state index is 14.1. The summed E-state index contributed by atoms with van der Waals surface area (Å²) in [6.45, 7) is 4.53. The minimum absolute atomic E-state index is 0.00798. The smallest absolute Gasteiger partial charge is 0.417 e. The Morgan fingerprint density at radius 1 is 1.23 bits per heavy atom. The summed E-state index contributed by atoms with van der Waals surface area (Å²) in [4.78, 5) is 15.2. The van der Waals surface area contributed by atoms with Crippen molar-refractivity contribution in [3.63, 3.8) is 0 Å². The molecule has 1 heterocycles. The van der Waals surface area contributed by atoms with Crippen LogP contribution < -0.4 is 4.74 Å². The van der Waals surface area contributed by atoms with E-state index in [1.165, 1.54) is 18.7 Å². The van der Waals surface area contributed by atoms with E-state index in [1.807, 2.05) is 0 Å². The number of halogens is 3. The third-order valence-corrected chi connectivity index (χ3v) is 5.01. The average Bonchev–Trinajstić information content (AvgIpc) is 2.90. The van der Waals surface area contributed by atoms with Gasteiger partial charge < -0.3 is 9.72 Å². The minimum atomic E-state index is -4.59. The number of para-hydroxylation sites is 1. The second-order valence-corrected chi connectivity index (χ2v) is 7.13. The summed E-state index contributed by atoms with van der Waals surface area (Å²) in [5.74, 6) is -1.14. The predicted molar refractivity (Wildman–Crippen MR) is 98.0 cm³/mol. The van der Waals surface area contributed by atoms with Crippen molar-refractivity contribution in [1.82, 2.24) is 4.98 Å². The first kappa shape index (κ1) is 18.6. The van der Waals surface area contributed by atoms with E-state index in [1.54, 1.807) is 44.4 Å². The fourth-order valence-electron chi connectivity index (χ4n) is 3.34. The molecule has 3 rings (SSSR count). The standard InChI is InChI=1S/C19H18F3NO2S/c1-9(2)13-15(19(20,21)22)14-11-7-5-6-8-12(11)23-16(14)18(26-4)17(13)25-10(3)24/h5-9,23H,1-4H3. The van der Waals surface area contributed by atoms with Gasteiger partial charge in [-0.3, -0.25) is 4.79 Å². The molecule has 7 heteroatoms. The fourth-order valence-corrected chi connectivity index (χ4v) is 4.04. The van der Waals surface area contributed by atoms with E-state index in [4.69, 9.17) is 4.74 Å². The summed E-state index contributed by atoms with van der Waals surface area (Å²) in [7, 11) is 0. The predicted octanol–water partition coefficient (Wildman–Crippen LogP) is 6.11. The molecule has 0 fully saturated rings. The molecule has 0 radical (unpaired) electrons. The molecule has 1 aromatic heterocycles. The first-order valence-electron chi connectivity index (χ1n) is 8.06. The molecule has 3 aromatic rings. The highest BCUT2D eigenvalue weighted by molar-refractivity contribution is 7.99. The minimum Gasteiger partial charge on any atom is -0.425 e. The van der Waals surface area contributed by atoms with Crippen LogP contribution in [-0.2, 0) is 11.0 Å². The van der Waals surface area contributed by atoms with Crippen LogP contribution in [0.5, 0.6) is 5.75 Å². The monoisotopic (exact) mass is 381 g/mol. The van der Waals surface area contributed by atoms with Crippen molar-refractivity contribution in [1.29, 1.82) is 0 Å². The van der Waals surface area contributed by atoms with Gasteiger partial charge >= 0.3 is 12.1 Å². The van der Waals surface area contributed by atoms with Crippen LogP contribution in [-0.4, -0.2) is 17.2 Å². The van der Waals surface area contributed by atoms with Crippen LogP contribution in [0.25, 0.3) is 21.8 Å². The Balaban J connectivity index is 2.64. The number of benzene rings is 2. The highest BCUT2D eigenvalue weighted by atomic mass is 32.2. The maximum Gasteiger partial charge on any atom is 0.417 e. The van der Waals surface area contributed by atoms with Crippen molar-refractivity contribution in [2.75, 3.05) is 6.26 Å². The third-order valence-electron chi connectivity index (χ3n) is 4.21. The molecule has 0 bridgehead atoms. The lowest BCUT2D eigenvalue weighted by Crippen LogP contribution is -2.15. The zero-order valence-corrected chi connectivity index (χ0v) is 15.6. The van der Waals surface area contributed by atoms with Gasteiger partial charge in [0.25, 0.3) is 0 Å². The Hall–Kier alpha value is -2.15. The van der Waals surface area contributed by atoms with Crippen molar-refractivity contribution >= 4 is 39.5 Å². The number of carbonyl (C=O) groups excluding carboxylic acids is 1. The fraction of sp³-hybridized carbons (Fsp3) is 0.316. The molecule has 0 atom stereocenters. The normalized spacial score (nSPS) is 12.3. The lowest BCUT2D eigenvalue weighted by Gasteiger charge is -2.23. The number of ether oxygens (including phenoxy) is 1. The zero-order chi connectivity index (χ0) is 19.2. The molecule has 26 heavy (non-hydrogen) atoms. The van der Waals surface area contributed by atoms with Crippen molar-refractivity contribution < 1.29 is 22.7 Å². The average molecular weight is 381 g/mol. The third kappa shape index (κ3) is 2.94. The summed E-state index contributed by atoms with van der Waals surface area (Å²) in [5, 5.41) is 0.624. The van der Waals surface area contributed by atoms with Crippen LogP contribution in [0.2, 0.25) is 0 Å². The first-order valence-corrected chi connectivity index (χ1v) is 9.29. The van der Waals surface area contributed by atoms with E-state index in [2.05, 4.69) is 4.98 Å². The van der Waals surface area contributed by atoms with E-state index in [9.17, 15) is 18.0 Å². The molecule has 0 aliphatic heterocycles. The molecule has 3 nitrogen and oxygen atoms in total. The largest absolute Gasteiger partial charge is 0.425 e. The van der Waals surface area contributed by atoms with Crippen LogP contribution in [0.15, 0.2) is 29.2 Å². The summed E-state index contributed by atoms with van der Waals surface area (Å²) in [5.41, 5.74) is 0.216. The molecule has 138 valence electrons. The SMILES string of the molecule is CSc1c(OC(C)=O)c(C(C)C)c(C(F)(F)F)c2c1[nH]c1ccccc12. The van der Waals surface area contributed by atoms with Gasteiger partial charge in [0, 0.05) is 28.8 Å². The number of aromatic amines is 1. The molecule has 0 saturated heterocycles. The lowest BCUT2D eigenvalue weighted by molar-refractivity contribution is -0.138. The summed E-state index contributed by atoms with van der Waals surface area (Å²) < 4.78 is 47.7. The number of carbonyl (C=O) groups is 1. The van der Waals surface area contributed by atoms with Crippen LogP contribution >= 0.6 is 11.8 Å². The molecule has 0 aliphatic carbocycles. The quantitative estimate of drug-likeness (QED) is 0.338. The first-order chi connectivity index (χ1) is 12.2.